The van der Waals surface area contributed by atoms with Crippen LogP contribution in [0.4, 0.5) is 14.5 Å². The molecule has 0 aliphatic heterocycles. The van der Waals surface area contributed by atoms with Gasteiger partial charge in [0.1, 0.15) is 0 Å². The highest BCUT2D eigenvalue weighted by molar-refractivity contribution is 5.51. The number of methoxy groups -OCH3 is 1. The van der Waals surface area contributed by atoms with Gasteiger partial charge >= 0.3 is 0 Å². The van der Waals surface area contributed by atoms with E-state index in [9.17, 15) is 8.78 Å². The SMILES string of the molecule is COCCN(c1ccc(CN)c(F)c1F)C1CC1. The van der Waals surface area contributed by atoms with Crippen LogP contribution in [-0.4, -0.2) is 26.3 Å². The maximum Gasteiger partial charge on any atom is 0.182 e. The van der Waals surface area contributed by atoms with Crippen LogP contribution in [0.25, 0.3) is 0 Å². The molecule has 100 valence electrons. The Balaban J connectivity index is 2.27. The van der Waals surface area contributed by atoms with Gasteiger partial charge in [-0.15, -0.1) is 0 Å². The van der Waals surface area contributed by atoms with Crippen LogP contribution in [0.3, 0.4) is 0 Å². The molecule has 2 rings (SSSR count). The second-order valence-corrected chi connectivity index (χ2v) is 4.49. The Morgan fingerprint density at radius 1 is 1.33 bits per heavy atom. The van der Waals surface area contributed by atoms with Crippen molar-refractivity contribution in [3.8, 4) is 0 Å². The Hall–Kier alpha value is -1.20. The second-order valence-electron chi connectivity index (χ2n) is 4.49. The number of benzene rings is 1. The zero-order chi connectivity index (χ0) is 13.1. The summed E-state index contributed by atoms with van der Waals surface area (Å²) in [4.78, 5) is 1.88. The zero-order valence-corrected chi connectivity index (χ0v) is 10.5. The maximum atomic E-state index is 14.0. The molecule has 18 heavy (non-hydrogen) atoms. The van der Waals surface area contributed by atoms with Crippen LogP contribution < -0.4 is 10.6 Å². The Kier molecular flexibility index (Phi) is 4.14. The van der Waals surface area contributed by atoms with Crippen LogP contribution in [-0.2, 0) is 11.3 Å². The maximum absolute atomic E-state index is 14.0. The Bertz CT molecular complexity index is 422. The van der Waals surface area contributed by atoms with Gasteiger partial charge < -0.3 is 15.4 Å². The lowest BCUT2D eigenvalue weighted by Gasteiger charge is -2.25. The molecule has 0 aromatic heterocycles. The molecule has 5 heteroatoms. The molecule has 3 nitrogen and oxygen atoms in total. The largest absolute Gasteiger partial charge is 0.383 e. The summed E-state index contributed by atoms with van der Waals surface area (Å²) in [6.45, 7) is 1.07. The van der Waals surface area contributed by atoms with Crippen molar-refractivity contribution in [3.63, 3.8) is 0 Å². The average molecular weight is 256 g/mol. The Morgan fingerprint density at radius 3 is 2.61 bits per heavy atom. The van der Waals surface area contributed by atoms with Gasteiger partial charge in [-0.05, 0) is 18.9 Å². The fourth-order valence-corrected chi connectivity index (χ4v) is 2.03. The van der Waals surface area contributed by atoms with Crippen molar-refractivity contribution in [1.29, 1.82) is 0 Å². The topological polar surface area (TPSA) is 38.5 Å². The van der Waals surface area contributed by atoms with Gasteiger partial charge in [0.05, 0.1) is 12.3 Å². The van der Waals surface area contributed by atoms with E-state index in [0.29, 0.717) is 24.9 Å². The standard InChI is InChI=1S/C13H18F2N2O/c1-18-7-6-17(10-3-4-10)11-5-2-9(8-16)12(14)13(11)15/h2,5,10H,3-4,6-8,16H2,1H3. The second kappa shape index (κ2) is 5.63. The van der Waals surface area contributed by atoms with Crippen LogP contribution in [0.1, 0.15) is 18.4 Å². The highest BCUT2D eigenvalue weighted by atomic mass is 19.2. The molecule has 1 aliphatic rings. The smallest absolute Gasteiger partial charge is 0.182 e. The molecule has 1 aliphatic carbocycles. The highest BCUT2D eigenvalue weighted by Crippen LogP contribution is 2.34. The van der Waals surface area contributed by atoms with Gasteiger partial charge in [-0.2, -0.15) is 0 Å². The molecule has 0 heterocycles. The minimum atomic E-state index is -0.835. The number of hydrogen-bond acceptors (Lipinski definition) is 3. The van der Waals surface area contributed by atoms with Gasteiger partial charge in [-0.1, -0.05) is 6.07 Å². The van der Waals surface area contributed by atoms with E-state index in [1.54, 1.807) is 19.2 Å². The fourth-order valence-electron chi connectivity index (χ4n) is 2.03. The first-order valence-corrected chi connectivity index (χ1v) is 6.11. The van der Waals surface area contributed by atoms with E-state index in [1.807, 2.05) is 4.90 Å². The predicted molar refractivity (Wildman–Crippen MR) is 66.5 cm³/mol. The first kappa shape index (κ1) is 13.2. The lowest BCUT2D eigenvalue weighted by Crippen LogP contribution is -2.30. The summed E-state index contributed by atoms with van der Waals surface area (Å²) >= 11 is 0. The molecule has 0 bridgehead atoms. The van der Waals surface area contributed by atoms with Gasteiger partial charge in [0.15, 0.2) is 11.6 Å². The van der Waals surface area contributed by atoms with Gasteiger partial charge in [0, 0.05) is 31.8 Å². The minimum absolute atomic E-state index is 0.00450. The minimum Gasteiger partial charge on any atom is -0.383 e. The van der Waals surface area contributed by atoms with Gasteiger partial charge in [0.25, 0.3) is 0 Å². The summed E-state index contributed by atoms with van der Waals surface area (Å²) < 4.78 is 32.7. The summed E-state index contributed by atoms with van der Waals surface area (Å²) in [7, 11) is 1.60. The van der Waals surface area contributed by atoms with Gasteiger partial charge in [0.2, 0.25) is 0 Å². The molecule has 1 saturated carbocycles. The van der Waals surface area contributed by atoms with Crippen LogP contribution in [0, 0.1) is 11.6 Å². The molecular formula is C13H18F2N2O. The lowest BCUT2D eigenvalue weighted by atomic mass is 10.1. The third-order valence-corrected chi connectivity index (χ3v) is 3.20. The molecule has 1 aromatic carbocycles. The molecule has 1 aromatic rings. The van der Waals surface area contributed by atoms with Crippen LogP contribution in [0.5, 0.6) is 0 Å². The molecule has 0 spiro atoms. The number of halogens is 2. The highest BCUT2D eigenvalue weighted by Gasteiger charge is 2.31. The fraction of sp³-hybridized carbons (Fsp3) is 0.538. The molecular weight excluding hydrogens is 238 g/mol. The van der Waals surface area contributed by atoms with Gasteiger partial charge in [-0.3, -0.25) is 0 Å². The molecule has 0 saturated heterocycles. The summed E-state index contributed by atoms with van der Waals surface area (Å²) in [6, 6.07) is 3.46. The molecule has 0 unspecified atom stereocenters. The van der Waals surface area contributed by atoms with E-state index in [-0.39, 0.29) is 12.1 Å². The molecule has 0 amide bonds. The van der Waals surface area contributed by atoms with E-state index < -0.39 is 11.6 Å². The number of rotatable bonds is 6. The predicted octanol–water partition coefficient (Wildman–Crippen LogP) is 2.04. The van der Waals surface area contributed by atoms with E-state index in [0.717, 1.165) is 12.8 Å². The quantitative estimate of drug-likeness (QED) is 0.846. The number of nitrogens with two attached hydrogens (primary N) is 1. The average Bonchev–Trinajstić information content (AvgIpc) is 3.19. The first-order valence-electron chi connectivity index (χ1n) is 6.11. The summed E-state index contributed by atoms with van der Waals surface area (Å²) in [5.74, 6) is -1.64. The van der Waals surface area contributed by atoms with E-state index >= 15 is 0 Å². The lowest BCUT2D eigenvalue weighted by molar-refractivity contribution is 0.204. The number of nitrogens with zero attached hydrogens (tertiary/aromatic N) is 1. The van der Waals surface area contributed by atoms with E-state index in [2.05, 4.69) is 0 Å². The number of ether oxygens (including phenoxy) is 1. The first-order chi connectivity index (χ1) is 8.69. The Labute approximate surface area is 106 Å². The Morgan fingerprint density at radius 2 is 2.06 bits per heavy atom. The van der Waals surface area contributed by atoms with Crippen molar-refractivity contribution >= 4 is 5.69 Å². The summed E-state index contributed by atoms with van der Waals surface area (Å²) in [5, 5.41) is 0. The molecule has 0 atom stereocenters. The van der Waals surface area contributed by atoms with Crippen LogP contribution >= 0.6 is 0 Å². The van der Waals surface area contributed by atoms with Crippen molar-refractivity contribution in [2.24, 2.45) is 5.73 Å². The van der Waals surface area contributed by atoms with Gasteiger partial charge in [-0.25, -0.2) is 8.78 Å². The number of hydrogen-bond donors (Lipinski definition) is 1. The van der Waals surface area contributed by atoms with Crippen LogP contribution in [0.2, 0.25) is 0 Å². The summed E-state index contributed by atoms with van der Waals surface area (Å²) in [6.07, 6.45) is 2.03. The van der Waals surface area contributed by atoms with Crippen molar-refractivity contribution < 1.29 is 13.5 Å². The molecule has 2 N–H and O–H groups in total. The number of anilines is 1. The third kappa shape index (κ3) is 2.62. The molecule has 1 fully saturated rings. The van der Waals surface area contributed by atoms with Crippen molar-refractivity contribution in [2.45, 2.75) is 25.4 Å². The third-order valence-electron chi connectivity index (χ3n) is 3.20. The van der Waals surface area contributed by atoms with E-state index in [1.165, 1.54) is 0 Å². The normalized spacial score (nSPS) is 14.9. The van der Waals surface area contributed by atoms with Crippen LogP contribution in [0.15, 0.2) is 12.1 Å². The van der Waals surface area contributed by atoms with Crippen molar-refractivity contribution in [3.05, 3.63) is 29.3 Å². The van der Waals surface area contributed by atoms with Crippen molar-refractivity contribution in [2.75, 3.05) is 25.2 Å². The monoisotopic (exact) mass is 256 g/mol. The molecule has 0 radical (unpaired) electrons. The van der Waals surface area contributed by atoms with Crippen molar-refractivity contribution in [1.82, 2.24) is 0 Å². The zero-order valence-electron chi connectivity index (χ0n) is 10.5. The van der Waals surface area contributed by atoms with E-state index in [4.69, 9.17) is 10.5 Å². The summed E-state index contributed by atoms with van der Waals surface area (Å²) in [5.41, 5.74) is 5.87.